The Hall–Kier alpha value is -0.560. The lowest BCUT2D eigenvalue weighted by atomic mass is 9.85. The number of terminal acetylenes is 1. The Morgan fingerprint density at radius 1 is 1.24 bits per heavy atom. The minimum absolute atomic E-state index is 0.365. The Kier molecular flexibility index (Phi) is 6.10. The highest BCUT2D eigenvalue weighted by Crippen LogP contribution is 2.31. The van der Waals surface area contributed by atoms with Gasteiger partial charge >= 0.3 is 0 Å². The maximum atomic E-state index is 10.3. The molecule has 0 aromatic heterocycles. The second-order valence-electron chi connectivity index (χ2n) is 7.33. The summed E-state index contributed by atoms with van der Waals surface area (Å²) in [6.07, 6.45) is 11.9. The molecular weight excluding hydrogens is 262 g/mol. The topological polar surface area (TPSA) is 32.7 Å². The van der Waals surface area contributed by atoms with E-state index in [2.05, 4.69) is 24.7 Å². The molecule has 3 heteroatoms. The first kappa shape index (κ1) is 16.8. The van der Waals surface area contributed by atoms with E-state index in [9.17, 15) is 5.11 Å². The molecule has 2 rings (SSSR count). The van der Waals surface area contributed by atoms with E-state index in [1.807, 2.05) is 0 Å². The van der Waals surface area contributed by atoms with Crippen molar-refractivity contribution in [1.29, 1.82) is 0 Å². The Labute approximate surface area is 130 Å². The van der Waals surface area contributed by atoms with Crippen LogP contribution < -0.4 is 0 Å². The zero-order chi connectivity index (χ0) is 15.3. The van der Waals surface area contributed by atoms with Crippen molar-refractivity contribution in [1.82, 2.24) is 4.90 Å². The molecule has 2 aliphatic rings. The molecule has 1 heterocycles. The summed E-state index contributed by atoms with van der Waals surface area (Å²) in [5.74, 6) is 4.28. The highest BCUT2D eigenvalue weighted by Gasteiger charge is 2.32. The predicted molar refractivity (Wildman–Crippen MR) is 86.0 cm³/mol. The molecule has 0 aromatic rings. The monoisotopic (exact) mass is 293 g/mol. The smallest absolute Gasteiger partial charge is 0.128 e. The number of β-amino-alcohol motifs (C(OH)–C–C–N with tert-alkyl or cyclic N) is 1. The number of nitrogens with zero attached hydrogens (tertiary/aromatic N) is 1. The Morgan fingerprint density at radius 3 is 2.43 bits per heavy atom. The first-order valence-electron chi connectivity index (χ1n) is 8.55. The van der Waals surface area contributed by atoms with Crippen LogP contribution in [0, 0.1) is 24.2 Å². The third-order valence-electron chi connectivity index (χ3n) is 4.89. The van der Waals surface area contributed by atoms with Crippen LogP contribution >= 0.6 is 0 Å². The first-order valence-corrected chi connectivity index (χ1v) is 8.55. The van der Waals surface area contributed by atoms with Crippen LogP contribution in [0.4, 0.5) is 0 Å². The van der Waals surface area contributed by atoms with Gasteiger partial charge in [0, 0.05) is 19.6 Å². The molecule has 0 unspecified atom stereocenters. The molecule has 0 radical (unpaired) electrons. The fourth-order valence-corrected chi connectivity index (χ4v) is 4.00. The molecule has 1 aliphatic carbocycles. The summed E-state index contributed by atoms with van der Waals surface area (Å²) >= 11 is 0. The molecule has 3 atom stereocenters. The van der Waals surface area contributed by atoms with Gasteiger partial charge in [0.05, 0.1) is 12.7 Å². The Balaban J connectivity index is 1.76. The molecule has 120 valence electrons. The zero-order valence-corrected chi connectivity index (χ0v) is 13.7. The Morgan fingerprint density at radius 2 is 1.86 bits per heavy atom. The third kappa shape index (κ3) is 4.98. The lowest BCUT2D eigenvalue weighted by molar-refractivity contribution is -0.0723. The van der Waals surface area contributed by atoms with Gasteiger partial charge in [-0.25, -0.2) is 0 Å². The molecular formula is C18H31NO2. The van der Waals surface area contributed by atoms with Gasteiger partial charge in [-0.05, 0) is 43.9 Å². The minimum Gasteiger partial charge on any atom is -0.389 e. The minimum atomic E-state index is -0.436. The highest BCUT2D eigenvalue weighted by molar-refractivity contribution is 5.09. The summed E-state index contributed by atoms with van der Waals surface area (Å²) in [5, 5.41) is 10.3. The molecule has 0 aromatic carbocycles. The van der Waals surface area contributed by atoms with Crippen LogP contribution in [-0.4, -0.2) is 48.0 Å². The van der Waals surface area contributed by atoms with Crippen LogP contribution in [0.15, 0.2) is 0 Å². The van der Waals surface area contributed by atoms with Crippen LogP contribution in [0.2, 0.25) is 0 Å². The molecule has 1 aliphatic heterocycles. The van der Waals surface area contributed by atoms with Gasteiger partial charge in [0.15, 0.2) is 0 Å². The zero-order valence-electron chi connectivity index (χ0n) is 13.7. The van der Waals surface area contributed by atoms with Crippen LogP contribution in [0.1, 0.15) is 52.4 Å². The van der Waals surface area contributed by atoms with Crippen molar-refractivity contribution < 1.29 is 9.84 Å². The summed E-state index contributed by atoms with van der Waals surface area (Å²) < 4.78 is 5.96. The van der Waals surface area contributed by atoms with Gasteiger partial charge in [-0.2, -0.15) is 0 Å². The predicted octanol–water partition coefficient (Wildman–Crippen LogP) is 2.68. The third-order valence-corrected chi connectivity index (χ3v) is 4.89. The van der Waals surface area contributed by atoms with Crippen LogP contribution in [0.5, 0.6) is 0 Å². The van der Waals surface area contributed by atoms with Gasteiger partial charge in [-0.3, -0.25) is 0 Å². The number of rotatable bonds is 5. The van der Waals surface area contributed by atoms with Crippen molar-refractivity contribution in [3.05, 3.63) is 0 Å². The lowest BCUT2D eigenvalue weighted by Gasteiger charge is -2.37. The summed E-state index contributed by atoms with van der Waals surface area (Å²) in [6, 6.07) is 0. The summed E-state index contributed by atoms with van der Waals surface area (Å²) in [6.45, 7) is 7.82. The molecule has 21 heavy (non-hydrogen) atoms. The standard InChI is InChI=1S/C18H31NO2/c1-4-18(8-6-5-7-9-18)21-14-17(20)13-19-11-15(2)10-16(3)12-19/h1,15-17,20H,5-14H2,2-3H3/t15-,16-,17+/m1/s1. The van der Waals surface area contributed by atoms with Gasteiger partial charge < -0.3 is 14.7 Å². The molecule has 2 fully saturated rings. The maximum absolute atomic E-state index is 10.3. The van der Waals surface area contributed by atoms with Gasteiger partial charge in [0.2, 0.25) is 0 Å². The Bertz CT molecular complexity index is 347. The van der Waals surface area contributed by atoms with Crippen LogP contribution in [0.25, 0.3) is 0 Å². The summed E-state index contributed by atoms with van der Waals surface area (Å²) in [5.41, 5.74) is -0.415. The van der Waals surface area contributed by atoms with E-state index in [-0.39, 0.29) is 0 Å². The first-order chi connectivity index (χ1) is 10.0. The van der Waals surface area contributed by atoms with Crippen LogP contribution in [-0.2, 0) is 4.74 Å². The molecule has 1 N–H and O–H groups in total. The molecule has 1 saturated carbocycles. The van der Waals surface area contributed by atoms with Gasteiger partial charge in [-0.15, -0.1) is 6.42 Å². The number of hydrogen-bond acceptors (Lipinski definition) is 3. The maximum Gasteiger partial charge on any atom is 0.128 e. The summed E-state index contributed by atoms with van der Waals surface area (Å²) in [4.78, 5) is 2.37. The van der Waals surface area contributed by atoms with Crippen molar-refractivity contribution in [3.63, 3.8) is 0 Å². The number of likely N-dealkylation sites (tertiary alicyclic amines) is 1. The van der Waals surface area contributed by atoms with E-state index in [4.69, 9.17) is 11.2 Å². The highest BCUT2D eigenvalue weighted by atomic mass is 16.5. The number of piperidine rings is 1. The summed E-state index contributed by atoms with van der Waals surface area (Å²) in [7, 11) is 0. The molecule has 0 bridgehead atoms. The average Bonchev–Trinajstić information content (AvgIpc) is 2.45. The van der Waals surface area contributed by atoms with Crippen molar-refractivity contribution in [3.8, 4) is 12.3 Å². The molecule has 0 amide bonds. The average molecular weight is 293 g/mol. The quantitative estimate of drug-likeness (QED) is 0.791. The van der Waals surface area contributed by atoms with E-state index in [1.165, 1.54) is 12.8 Å². The van der Waals surface area contributed by atoms with Crippen molar-refractivity contribution in [2.75, 3.05) is 26.2 Å². The molecule has 3 nitrogen and oxygen atoms in total. The number of hydrogen-bond donors (Lipinski definition) is 1. The van der Waals surface area contributed by atoms with Gasteiger partial charge in [-0.1, -0.05) is 26.2 Å². The van der Waals surface area contributed by atoms with E-state index in [0.717, 1.165) is 50.6 Å². The second-order valence-corrected chi connectivity index (χ2v) is 7.33. The number of aliphatic hydroxyl groups is 1. The molecule has 1 saturated heterocycles. The van der Waals surface area contributed by atoms with E-state index < -0.39 is 11.7 Å². The SMILES string of the molecule is C#CC1(OC[C@@H](O)CN2C[C@H](C)C[C@@H](C)C2)CCCCC1. The fourth-order valence-electron chi connectivity index (χ4n) is 4.00. The fraction of sp³-hybridized carbons (Fsp3) is 0.889. The van der Waals surface area contributed by atoms with Crippen molar-refractivity contribution in [2.24, 2.45) is 11.8 Å². The van der Waals surface area contributed by atoms with Gasteiger partial charge in [0.1, 0.15) is 5.60 Å². The molecule has 0 spiro atoms. The van der Waals surface area contributed by atoms with E-state index in [1.54, 1.807) is 0 Å². The van der Waals surface area contributed by atoms with E-state index >= 15 is 0 Å². The second kappa shape index (κ2) is 7.63. The van der Waals surface area contributed by atoms with Crippen LogP contribution in [0.3, 0.4) is 0 Å². The normalized spacial score (nSPS) is 31.5. The largest absolute Gasteiger partial charge is 0.389 e. The van der Waals surface area contributed by atoms with Gasteiger partial charge in [0.25, 0.3) is 0 Å². The van der Waals surface area contributed by atoms with Crippen molar-refractivity contribution >= 4 is 0 Å². The number of aliphatic hydroxyl groups excluding tert-OH is 1. The number of ether oxygens (including phenoxy) is 1. The van der Waals surface area contributed by atoms with E-state index in [0.29, 0.717) is 13.2 Å². The lowest BCUT2D eigenvalue weighted by Crippen LogP contribution is -2.45. The van der Waals surface area contributed by atoms with Crippen molar-refractivity contribution in [2.45, 2.75) is 64.1 Å².